The van der Waals surface area contributed by atoms with E-state index in [1.807, 2.05) is 0 Å². The quantitative estimate of drug-likeness (QED) is 0.538. The standard InChI is InChI=1S/C27H33ClF3N3O4S/c1-32(2)39(37,38)24-9-8-22(18-23(24)28)33-14-10-19(11-15-33)20-12-16-34(17-13-20)25(35)26(36,27(29,30)31)21-6-4-3-5-7-21/h3-9,18-20,36H,10-17H2,1-2H3. The topological polar surface area (TPSA) is 81.2 Å². The fraction of sp³-hybridized carbons (Fsp3) is 0.519. The lowest BCUT2D eigenvalue weighted by atomic mass is 9.78. The SMILES string of the molecule is CN(C)S(=O)(=O)c1ccc(N2CCC(C3CCN(C(=O)C(O)(c4ccccc4)C(F)(F)F)CC3)CC2)cc1Cl. The van der Waals surface area contributed by atoms with Gasteiger partial charge in [-0.3, -0.25) is 4.79 Å². The number of hydrogen-bond donors (Lipinski definition) is 1. The van der Waals surface area contributed by atoms with Gasteiger partial charge >= 0.3 is 6.18 Å². The van der Waals surface area contributed by atoms with Gasteiger partial charge in [-0.2, -0.15) is 13.2 Å². The van der Waals surface area contributed by atoms with Crippen molar-refractivity contribution in [3.63, 3.8) is 0 Å². The summed E-state index contributed by atoms with van der Waals surface area (Å²) in [5, 5.41) is 10.8. The number of sulfonamides is 1. The van der Waals surface area contributed by atoms with Crippen LogP contribution >= 0.6 is 11.6 Å². The van der Waals surface area contributed by atoms with Crippen LogP contribution in [-0.2, 0) is 20.4 Å². The van der Waals surface area contributed by atoms with Crippen LogP contribution in [0.15, 0.2) is 53.4 Å². The number of rotatable bonds is 6. The van der Waals surface area contributed by atoms with Crippen LogP contribution in [-0.4, -0.2) is 75.1 Å². The van der Waals surface area contributed by atoms with Gasteiger partial charge in [0.2, 0.25) is 10.0 Å². The van der Waals surface area contributed by atoms with Crippen molar-refractivity contribution in [3.8, 4) is 0 Å². The predicted molar refractivity (Wildman–Crippen MR) is 143 cm³/mol. The Kier molecular flexibility index (Phi) is 8.56. The number of likely N-dealkylation sites (tertiary alicyclic amines) is 1. The largest absolute Gasteiger partial charge is 0.430 e. The molecule has 2 aromatic carbocycles. The lowest BCUT2D eigenvalue weighted by molar-refractivity contribution is -0.262. The molecule has 214 valence electrons. The third-order valence-electron chi connectivity index (χ3n) is 7.98. The number of hydrogen-bond acceptors (Lipinski definition) is 5. The number of alkyl halides is 3. The maximum absolute atomic E-state index is 13.9. The summed E-state index contributed by atoms with van der Waals surface area (Å²) in [5.41, 5.74) is -3.22. The molecule has 4 rings (SSSR count). The zero-order chi connectivity index (χ0) is 28.6. The number of amides is 1. The molecule has 7 nitrogen and oxygen atoms in total. The molecule has 2 aromatic rings. The van der Waals surface area contributed by atoms with E-state index >= 15 is 0 Å². The lowest BCUT2D eigenvalue weighted by Gasteiger charge is -2.42. The Morgan fingerprint density at radius 1 is 0.949 bits per heavy atom. The van der Waals surface area contributed by atoms with E-state index < -0.39 is 33.3 Å². The van der Waals surface area contributed by atoms with Crippen molar-refractivity contribution in [2.24, 2.45) is 11.8 Å². The van der Waals surface area contributed by atoms with E-state index in [4.69, 9.17) is 11.6 Å². The van der Waals surface area contributed by atoms with Crippen LogP contribution in [0.2, 0.25) is 5.02 Å². The van der Waals surface area contributed by atoms with E-state index in [1.165, 1.54) is 38.4 Å². The van der Waals surface area contributed by atoms with Crippen molar-refractivity contribution in [2.75, 3.05) is 45.2 Å². The summed E-state index contributed by atoms with van der Waals surface area (Å²) < 4.78 is 67.8. The second kappa shape index (κ2) is 11.3. The van der Waals surface area contributed by atoms with E-state index in [0.717, 1.165) is 53.0 Å². The van der Waals surface area contributed by atoms with Crippen LogP contribution in [0.1, 0.15) is 31.2 Å². The van der Waals surface area contributed by atoms with E-state index in [1.54, 1.807) is 12.1 Å². The molecule has 2 aliphatic rings. The fourth-order valence-corrected chi connectivity index (χ4v) is 7.02. The van der Waals surface area contributed by atoms with Gasteiger partial charge in [0.25, 0.3) is 11.5 Å². The Bertz CT molecular complexity index is 1280. The molecule has 39 heavy (non-hydrogen) atoms. The summed E-state index contributed by atoms with van der Waals surface area (Å²) in [6.07, 6.45) is -2.27. The Morgan fingerprint density at radius 3 is 1.97 bits per heavy atom. The molecule has 0 saturated carbocycles. The normalized spacial score (nSPS) is 19.8. The van der Waals surface area contributed by atoms with E-state index in [2.05, 4.69) is 4.90 Å². The molecule has 12 heteroatoms. The number of aliphatic hydroxyl groups is 1. The molecule has 0 radical (unpaired) electrons. The molecule has 1 N–H and O–H groups in total. The van der Waals surface area contributed by atoms with Crippen LogP contribution in [0.5, 0.6) is 0 Å². The third kappa shape index (κ3) is 5.77. The first-order chi connectivity index (χ1) is 18.3. The predicted octanol–water partition coefficient (Wildman–Crippen LogP) is 4.50. The third-order valence-corrected chi connectivity index (χ3v) is 10.3. The molecule has 1 atom stereocenters. The highest BCUT2D eigenvalue weighted by Gasteiger charge is 2.62. The highest BCUT2D eigenvalue weighted by molar-refractivity contribution is 7.89. The maximum atomic E-state index is 13.9. The molecular formula is C27H33ClF3N3O4S. The molecule has 0 aromatic heterocycles. The minimum absolute atomic E-state index is 0.0544. The minimum Gasteiger partial charge on any atom is -0.371 e. The first-order valence-corrected chi connectivity index (χ1v) is 14.7. The fourth-order valence-electron chi connectivity index (χ4n) is 5.61. The van der Waals surface area contributed by atoms with E-state index in [-0.39, 0.29) is 28.9 Å². The summed E-state index contributed by atoms with van der Waals surface area (Å²) >= 11 is 6.31. The van der Waals surface area contributed by atoms with Crippen LogP contribution in [0, 0.1) is 11.8 Å². The van der Waals surface area contributed by atoms with Gasteiger partial charge in [-0.1, -0.05) is 41.9 Å². The first kappa shape index (κ1) is 29.6. The average Bonchev–Trinajstić information content (AvgIpc) is 2.92. The van der Waals surface area contributed by atoms with Gasteiger partial charge < -0.3 is 14.9 Å². The van der Waals surface area contributed by atoms with Crippen molar-refractivity contribution in [1.29, 1.82) is 0 Å². The monoisotopic (exact) mass is 587 g/mol. The molecule has 0 bridgehead atoms. The molecular weight excluding hydrogens is 555 g/mol. The number of benzene rings is 2. The number of carbonyl (C=O) groups is 1. The lowest BCUT2D eigenvalue weighted by Crippen LogP contribution is -2.57. The van der Waals surface area contributed by atoms with Crippen LogP contribution in [0.4, 0.5) is 18.9 Å². The molecule has 2 heterocycles. The summed E-state index contributed by atoms with van der Waals surface area (Å²) in [7, 11) is -0.748. The molecule has 1 amide bonds. The van der Waals surface area contributed by atoms with Crippen LogP contribution in [0.3, 0.4) is 0 Å². The van der Waals surface area contributed by atoms with Crippen LogP contribution in [0.25, 0.3) is 0 Å². The molecule has 2 saturated heterocycles. The summed E-state index contributed by atoms with van der Waals surface area (Å²) in [4.78, 5) is 16.3. The first-order valence-electron chi connectivity index (χ1n) is 12.9. The number of halogens is 4. The summed E-state index contributed by atoms with van der Waals surface area (Å²) in [6.45, 7) is 1.79. The smallest absolute Gasteiger partial charge is 0.371 e. The number of nitrogens with zero attached hydrogens (tertiary/aromatic N) is 3. The van der Waals surface area contributed by atoms with Gasteiger partial charge in [0, 0.05) is 51.5 Å². The van der Waals surface area contributed by atoms with Crippen molar-refractivity contribution in [2.45, 2.75) is 42.4 Å². The van der Waals surface area contributed by atoms with Gasteiger partial charge in [-0.25, -0.2) is 12.7 Å². The highest BCUT2D eigenvalue weighted by atomic mass is 35.5. The molecule has 1 unspecified atom stereocenters. The summed E-state index contributed by atoms with van der Waals surface area (Å²) in [5.74, 6) is -0.702. The van der Waals surface area contributed by atoms with Gasteiger partial charge in [0.05, 0.1) is 5.02 Å². The van der Waals surface area contributed by atoms with Crippen molar-refractivity contribution >= 4 is 33.2 Å². The van der Waals surface area contributed by atoms with Gasteiger partial charge in [-0.15, -0.1) is 0 Å². The summed E-state index contributed by atoms with van der Waals surface area (Å²) in [6, 6.07) is 11.4. The Balaban J connectivity index is 1.35. The van der Waals surface area contributed by atoms with E-state index in [0.29, 0.717) is 18.8 Å². The highest BCUT2D eigenvalue weighted by Crippen LogP contribution is 2.42. The maximum Gasteiger partial charge on any atom is 0.430 e. The minimum atomic E-state index is -5.15. The molecule has 2 aliphatic heterocycles. The number of piperidine rings is 2. The Labute approximate surface area is 232 Å². The second-order valence-corrected chi connectivity index (χ2v) is 13.0. The number of carbonyl (C=O) groups excluding carboxylic acids is 1. The van der Waals surface area contributed by atoms with Crippen molar-refractivity contribution in [3.05, 3.63) is 59.1 Å². The van der Waals surface area contributed by atoms with E-state index in [9.17, 15) is 31.5 Å². The van der Waals surface area contributed by atoms with Gasteiger partial charge in [0.15, 0.2) is 0 Å². The van der Waals surface area contributed by atoms with Crippen molar-refractivity contribution < 1.29 is 31.5 Å². The van der Waals surface area contributed by atoms with Gasteiger partial charge in [-0.05, 0) is 55.7 Å². The second-order valence-electron chi connectivity index (χ2n) is 10.4. The Morgan fingerprint density at radius 2 is 1.49 bits per heavy atom. The van der Waals surface area contributed by atoms with Crippen LogP contribution < -0.4 is 4.90 Å². The number of anilines is 1. The van der Waals surface area contributed by atoms with Crippen molar-refractivity contribution in [1.82, 2.24) is 9.21 Å². The van der Waals surface area contributed by atoms with Gasteiger partial charge in [0.1, 0.15) is 4.90 Å². The molecule has 0 spiro atoms. The molecule has 2 fully saturated rings. The molecule has 0 aliphatic carbocycles. The zero-order valence-corrected chi connectivity index (χ0v) is 23.4. The average molecular weight is 588 g/mol. The Hall–Kier alpha value is -2.34. The zero-order valence-electron chi connectivity index (χ0n) is 21.9.